The average Bonchev–Trinajstić information content (AvgIpc) is 2.64. The molecule has 1 amide bonds. The molecule has 12 nitrogen and oxygen atoms in total. The number of nitrogens with zero attached hydrogens (tertiary/aromatic N) is 3. The quantitative estimate of drug-likeness (QED) is 0.119. The van der Waals surface area contributed by atoms with Crippen molar-refractivity contribution < 1.29 is 38.3 Å². The van der Waals surface area contributed by atoms with E-state index >= 15 is 0 Å². The van der Waals surface area contributed by atoms with Crippen LogP contribution >= 0.6 is 0 Å². The van der Waals surface area contributed by atoms with Crippen LogP contribution in [0, 0.1) is 10.1 Å². The van der Waals surface area contributed by atoms with E-state index in [1.165, 1.54) is 13.0 Å². The zero-order chi connectivity index (χ0) is 22.9. The number of esters is 1. The maximum Gasteiger partial charge on any atom is 0.445 e. The van der Waals surface area contributed by atoms with Gasteiger partial charge >= 0.3 is 17.8 Å². The first-order valence-electron chi connectivity index (χ1n) is 8.77. The van der Waals surface area contributed by atoms with Crippen LogP contribution in [0.1, 0.15) is 33.3 Å². The lowest BCUT2D eigenvalue weighted by Gasteiger charge is -2.20. The van der Waals surface area contributed by atoms with E-state index < -0.39 is 40.7 Å². The van der Waals surface area contributed by atoms with Crippen molar-refractivity contribution in [2.45, 2.75) is 39.8 Å². The number of non-ortho nitro benzene ring substituents is 1. The van der Waals surface area contributed by atoms with Gasteiger partial charge in [0, 0.05) is 17.7 Å². The molecule has 0 spiro atoms. The number of benzene rings is 1. The van der Waals surface area contributed by atoms with E-state index in [2.05, 4.69) is 14.8 Å². The molecular formula is C18H22N4O8. The zero-order valence-electron chi connectivity index (χ0n) is 17.0. The van der Waals surface area contributed by atoms with E-state index in [-0.39, 0.29) is 30.2 Å². The number of Topliss-reactive ketones (excluding diaryl/α,β-unsaturated/α-hetero) is 1. The van der Waals surface area contributed by atoms with Gasteiger partial charge in [-0.25, -0.2) is 9.59 Å². The topological polar surface area (TPSA) is 170 Å². The number of nitro benzene ring substituents is 1. The highest BCUT2D eigenvalue weighted by molar-refractivity contribution is 6.62. The molecule has 1 N–H and O–H groups in total. The van der Waals surface area contributed by atoms with Crippen LogP contribution in [0.3, 0.4) is 0 Å². The number of nitrogens with one attached hydrogen (secondary N) is 1. The zero-order valence-corrected chi connectivity index (χ0v) is 17.0. The van der Waals surface area contributed by atoms with Crippen molar-refractivity contribution in [2.75, 3.05) is 13.2 Å². The molecule has 0 aliphatic carbocycles. The van der Waals surface area contributed by atoms with E-state index in [1.54, 1.807) is 20.8 Å². The van der Waals surface area contributed by atoms with Crippen LogP contribution in [0.4, 0.5) is 10.5 Å². The van der Waals surface area contributed by atoms with Gasteiger partial charge in [-0.1, -0.05) is 0 Å². The monoisotopic (exact) mass is 422 g/mol. The Kier molecular flexibility index (Phi) is 8.63. The summed E-state index contributed by atoms with van der Waals surface area (Å²) in [4.78, 5) is 48.5. The molecule has 0 unspecified atom stereocenters. The van der Waals surface area contributed by atoms with Crippen molar-refractivity contribution in [1.29, 1.82) is 0 Å². The molecule has 1 aromatic carbocycles. The lowest BCUT2D eigenvalue weighted by atomic mass is 10.1. The number of alkyl carbamates (subject to hydrolysis) is 1. The molecule has 1 aromatic rings. The average molecular weight is 422 g/mol. The van der Waals surface area contributed by atoms with Crippen molar-refractivity contribution in [3.8, 4) is 5.75 Å². The summed E-state index contributed by atoms with van der Waals surface area (Å²) in [5, 5.41) is 13.5. The molecule has 0 saturated heterocycles. The van der Waals surface area contributed by atoms with Crippen LogP contribution in [0.25, 0.3) is 5.53 Å². The maximum absolute atomic E-state index is 12.1. The second-order valence-electron chi connectivity index (χ2n) is 6.79. The lowest BCUT2D eigenvalue weighted by molar-refractivity contribution is -0.384. The molecule has 0 bridgehead atoms. The Morgan fingerprint density at radius 2 is 1.93 bits per heavy atom. The Morgan fingerprint density at radius 1 is 1.27 bits per heavy atom. The highest BCUT2D eigenvalue weighted by Crippen LogP contribution is 2.24. The van der Waals surface area contributed by atoms with Crippen LogP contribution in [0.2, 0.25) is 0 Å². The number of carbonyl (C=O) groups is 3. The summed E-state index contributed by atoms with van der Waals surface area (Å²) in [7, 11) is 0. The Hall–Kier alpha value is -3.79. The second kappa shape index (κ2) is 10.7. The van der Waals surface area contributed by atoms with E-state index in [9.17, 15) is 24.5 Å². The molecule has 0 atom stereocenters. The highest BCUT2D eigenvalue weighted by Gasteiger charge is 2.31. The van der Waals surface area contributed by atoms with Gasteiger partial charge in [-0.2, -0.15) is 4.79 Å². The number of hydrogen-bond donors (Lipinski definition) is 1. The van der Waals surface area contributed by atoms with E-state index in [4.69, 9.17) is 15.0 Å². The molecular weight excluding hydrogens is 400 g/mol. The van der Waals surface area contributed by atoms with Crippen molar-refractivity contribution in [3.63, 3.8) is 0 Å². The van der Waals surface area contributed by atoms with Gasteiger partial charge in [-0.3, -0.25) is 14.9 Å². The third-order valence-corrected chi connectivity index (χ3v) is 3.27. The first-order valence-corrected chi connectivity index (χ1v) is 8.77. The normalized spacial score (nSPS) is 10.4. The SMILES string of the molecule is CCOC(=O)C(=[N+]=[N-])C(=O)COc1ccc([N+](=O)[O-])cc1CNC(=O)OC(C)(C)C. The summed E-state index contributed by atoms with van der Waals surface area (Å²) in [6.45, 7) is 5.58. The number of amides is 1. The molecule has 0 saturated carbocycles. The number of ether oxygens (including phenoxy) is 3. The summed E-state index contributed by atoms with van der Waals surface area (Å²) in [6.07, 6.45) is -0.756. The third kappa shape index (κ3) is 7.68. The number of ketones is 1. The summed E-state index contributed by atoms with van der Waals surface area (Å²) >= 11 is 0. The number of carbonyl (C=O) groups excluding carboxylic acids is 3. The molecule has 0 aromatic heterocycles. The first kappa shape index (κ1) is 24.2. The number of hydrogen-bond acceptors (Lipinski definition) is 8. The molecule has 12 heteroatoms. The standard InChI is InChI=1S/C18H22N4O8/c1-5-28-16(24)15(21-19)13(23)10-29-14-7-6-12(22(26)27)8-11(14)9-20-17(25)30-18(2,3)4/h6-8H,5,9-10H2,1-4H3,(H,20,25). The fourth-order valence-electron chi connectivity index (χ4n) is 2.06. The minimum Gasteiger partial charge on any atom is -0.485 e. The minimum atomic E-state index is -1.12. The van der Waals surface area contributed by atoms with Gasteiger partial charge in [0.15, 0.2) is 6.61 Å². The predicted molar refractivity (Wildman–Crippen MR) is 102 cm³/mol. The van der Waals surface area contributed by atoms with Gasteiger partial charge in [0.2, 0.25) is 0 Å². The third-order valence-electron chi connectivity index (χ3n) is 3.27. The van der Waals surface area contributed by atoms with Crippen LogP contribution in [0.5, 0.6) is 5.75 Å². The van der Waals surface area contributed by atoms with Gasteiger partial charge in [0.1, 0.15) is 11.4 Å². The highest BCUT2D eigenvalue weighted by atomic mass is 16.6. The maximum atomic E-state index is 12.1. The minimum absolute atomic E-state index is 0.0329. The van der Waals surface area contributed by atoms with Crippen molar-refractivity contribution in [2.24, 2.45) is 0 Å². The van der Waals surface area contributed by atoms with Gasteiger partial charge < -0.3 is 25.1 Å². The molecule has 1 rings (SSSR count). The summed E-state index contributed by atoms with van der Waals surface area (Å²) in [5.74, 6) is -2.06. The fraction of sp³-hybridized carbons (Fsp3) is 0.444. The fourth-order valence-corrected chi connectivity index (χ4v) is 2.06. The van der Waals surface area contributed by atoms with Gasteiger partial charge in [0.05, 0.1) is 18.1 Å². The van der Waals surface area contributed by atoms with E-state index in [1.807, 2.05) is 0 Å². The largest absolute Gasteiger partial charge is 0.485 e. The second-order valence-corrected chi connectivity index (χ2v) is 6.79. The number of rotatable bonds is 9. The summed E-state index contributed by atoms with van der Waals surface area (Å²) in [5.41, 5.74) is 7.17. The molecule has 0 aliphatic heterocycles. The molecule has 30 heavy (non-hydrogen) atoms. The number of nitro groups is 1. The Balaban J connectivity index is 2.96. The van der Waals surface area contributed by atoms with E-state index in [0.29, 0.717) is 0 Å². The molecule has 162 valence electrons. The lowest BCUT2D eigenvalue weighted by Crippen LogP contribution is -2.32. The van der Waals surface area contributed by atoms with Crippen molar-refractivity contribution in [1.82, 2.24) is 5.32 Å². The molecule has 0 fully saturated rings. The first-order chi connectivity index (χ1) is 14.0. The molecule has 0 radical (unpaired) electrons. The van der Waals surface area contributed by atoms with Crippen LogP contribution in [0.15, 0.2) is 18.2 Å². The van der Waals surface area contributed by atoms with Crippen LogP contribution < -0.4 is 10.1 Å². The molecule has 0 aliphatic rings. The van der Waals surface area contributed by atoms with Crippen molar-refractivity contribution in [3.05, 3.63) is 39.4 Å². The van der Waals surface area contributed by atoms with E-state index in [0.717, 1.165) is 12.1 Å². The van der Waals surface area contributed by atoms with Gasteiger partial charge in [-0.05, 0) is 33.8 Å². The predicted octanol–water partition coefficient (Wildman–Crippen LogP) is 1.80. The summed E-state index contributed by atoms with van der Waals surface area (Å²) in [6, 6.07) is 3.53. The Bertz CT molecular complexity index is 885. The van der Waals surface area contributed by atoms with Gasteiger partial charge in [-0.15, -0.1) is 0 Å². The summed E-state index contributed by atoms with van der Waals surface area (Å²) < 4.78 is 15.0. The Morgan fingerprint density at radius 3 is 2.47 bits per heavy atom. The Labute approximate surface area is 171 Å². The smallest absolute Gasteiger partial charge is 0.445 e. The van der Waals surface area contributed by atoms with Crippen LogP contribution in [-0.4, -0.2) is 52.1 Å². The van der Waals surface area contributed by atoms with Crippen LogP contribution in [-0.2, 0) is 25.6 Å². The van der Waals surface area contributed by atoms with Crippen molar-refractivity contribution >= 4 is 29.2 Å². The molecule has 0 heterocycles. The van der Waals surface area contributed by atoms with Gasteiger partial charge in [0.25, 0.3) is 11.5 Å².